The summed E-state index contributed by atoms with van der Waals surface area (Å²) in [6.07, 6.45) is 3.45. The molecule has 1 aliphatic heterocycles. The predicted molar refractivity (Wildman–Crippen MR) is 63.0 cm³/mol. The van der Waals surface area contributed by atoms with Gasteiger partial charge in [0.15, 0.2) is 0 Å². The number of amides is 1. The maximum atomic E-state index is 12.6. The van der Waals surface area contributed by atoms with E-state index >= 15 is 0 Å². The number of rotatable bonds is 4. The van der Waals surface area contributed by atoms with Crippen LogP contribution in [0, 0.1) is 5.92 Å². The Labute approximate surface area is 106 Å². The summed E-state index contributed by atoms with van der Waals surface area (Å²) >= 11 is 0. The Kier molecular flexibility index (Phi) is 3.64. The van der Waals surface area contributed by atoms with Crippen LogP contribution in [0.2, 0.25) is 0 Å². The van der Waals surface area contributed by atoms with Gasteiger partial charge in [0.05, 0.1) is 17.9 Å². The van der Waals surface area contributed by atoms with Crippen LogP contribution in [-0.2, 0) is 15.0 Å². The molecule has 2 aliphatic rings. The molecule has 0 aromatic heterocycles. The van der Waals surface area contributed by atoms with E-state index in [0.29, 0.717) is 0 Å². The number of likely N-dealkylation sites (tertiary alicyclic amines) is 1. The van der Waals surface area contributed by atoms with E-state index in [1.54, 1.807) is 4.90 Å². The summed E-state index contributed by atoms with van der Waals surface area (Å²) in [4.78, 5) is 13.5. The second kappa shape index (κ2) is 4.77. The molecule has 104 valence electrons. The summed E-state index contributed by atoms with van der Waals surface area (Å²) in [5, 5.41) is 9.53. The van der Waals surface area contributed by atoms with Crippen LogP contribution < -0.4 is 0 Å². The second-order valence-corrected chi connectivity index (χ2v) is 6.78. The number of hydrogen-bond acceptors (Lipinski definition) is 4. The molecule has 1 heterocycles. The van der Waals surface area contributed by atoms with Crippen molar-refractivity contribution in [2.24, 2.45) is 5.92 Å². The van der Waals surface area contributed by atoms with Gasteiger partial charge in [-0.2, -0.15) is 8.42 Å². The van der Waals surface area contributed by atoms with Crippen molar-refractivity contribution in [3.63, 3.8) is 0 Å². The summed E-state index contributed by atoms with van der Waals surface area (Å²) in [5.74, 6) is -1.26. The minimum atomic E-state index is -4.55. The molecule has 0 bridgehead atoms. The molecule has 1 unspecified atom stereocenters. The maximum absolute atomic E-state index is 12.6. The third kappa shape index (κ3) is 2.66. The Balaban J connectivity index is 2.09. The number of carbonyl (C=O) groups is 1. The first kappa shape index (κ1) is 13.7. The predicted octanol–water partition coefficient (Wildman–Crippen LogP) is 0.439. The number of hydrogen-bond donors (Lipinski definition) is 1. The maximum Gasteiger partial charge on any atom is 0.302 e. The molecular weight excluding hydrogens is 261 g/mol. The molecule has 1 atom stereocenters. The van der Waals surface area contributed by atoms with Crippen molar-refractivity contribution in [2.45, 2.75) is 37.6 Å². The largest absolute Gasteiger partial charge is 0.394 e. The molecule has 1 aliphatic carbocycles. The average Bonchev–Trinajstić information content (AvgIpc) is 2.83. The molecule has 2 fully saturated rings. The number of aliphatic hydroxyl groups excluding tert-OH is 1. The molecule has 0 spiro atoms. The summed E-state index contributed by atoms with van der Waals surface area (Å²) in [5.41, 5.74) is -0.536. The van der Waals surface area contributed by atoms with Gasteiger partial charge in [0, 0.05) is 18.9 Å². The van der Waals surface area contributed by atoms with Crippen molar-refractivity contribution in [1.82, 2.24) is 4.90 Å². The Morgan fingerprint density at radius 2 is 2.00 bits per heavy atom. The van der Waals surface area contributed by atoms with Crippen molar-refractivity contribution < 1.29 is 22.2 Å². The minimum Gasteiger partial charge on any atom is -0.394 e. The van der Waals surface area contributed by atoms with Gasteiger partial charge in [-0.1, -0.05) is 12.8 Å². The molecule has 0 radical (unpaired) electrons. The molecule has 18 heavy (non-hydrogen) atoms. The lowest BCUT2D eigenvalue weighted by Gasteiger charge is -2.37. The van der Waals surface area contributed by atoms with E-state index in [0.717, 1.165) is 25.7 Å². The van der Waals surface area contributed by atoms with Crippen LogP contribution in [0.1, 0.15) is 32.1 Å². The molecule has 0 aromatic carbocycles. The Morgan fingerprint density at radius 3 is 2.50 bits per heavy atom. The topological polar surface area (TPSA) is 74.7 Å². The summed E-state index contributed by atoms with van der Waals surface area (Å²) in [7, 11) is -4.55. The van der Waals surface area contributed by atoms with E-state index in [4.69, 9.17) is 0 Å². The summed E-state index contributed by atoms with van der Waals surface area (Å²) < 4.78 is 33.9. The van der Waals surface area contributed by atoms with Gasteiger partial charge in [-0.25, -0.2) is 0 Å². The Hall–Kier alpha value is -0.690. The molecule has 1 saturated heterocycles. The number of halogens is 1. The van der Waals surface area contributed by atoms with Crippen molar-refractivity contribution >= 4 is 16.1 Å². The Bertz CT molecular complexity index is 430. The fourth-order valence-electron chi connectivity index (χ4n) is 3.18. The standard InChI is InChI=1S/C11H18FNO4S/c12-18(16,17)7-9-5-10(15)13(6-9)11(8-14)3-1-2-4-11/h9,14H,1-8H2. The first-order valence-corrected chi connectivity index (χ1v) is 7.75. The zero-order valence-electron chi connectivity index (χ0n) is 10.1. The van der Waals surface area contributed by atoms with E-state index in [9.17, 15) is 22.2 Å². The van der Waals surface area contributed by atoms with Gasteiger partial charge < -0.3 is 10.0 Å². The van der Waals surface area contributed by atoms with Gasteiger partial charge in [-0.3, -0.25) is 4.79 Å². The molecule has 5 nitrogen and oxygen atoms in total. The van der Waals surface area contributed by atoms with Crippen LogP contribution in [0.3, 0.4) is 0 Å². The number of aliphatic hydroxyl groups is 1. The van der Waals surface area contributed by atoms with Crippen LogP contribution >= 0.6 is 0 Å². The molecule has 1 amide bonds. The van der Waals surface area contributed by atoms with Crippen molar-refractivity contribution in [3.05, 3.63) is 0 Å². The molecule has 0 aromatic rings. The van der Waals surface area contributed by atoms with Crippen molar-refractivity contribution in [1.29, 1.82) is 0 Å². The van der Waals surface area contributed by atoms with Gasteiger partial charge in [0.1, 0.15) is 0 Å². The smallest absolute Gasteiger partial charge is 0.302 e. The van der Waals surface area contributed by atoms with E-state index in [2.05, 4.69) is 0 Å². The first-order chi connectivity index (χ1) is 8.36. The third-order valence-corrected chi connectivity index (χ3v) is 4.91. The zero-order valence-corrected chi connectivity index (χ0v) is 11.0. The fourth-order valence-corrected chi connectivity index (χ4v) is 3.97. The highest BCUT2D eigenvalue weighted by molar-refractivity contribution is 7.86. The van der Waals surface area contributed by atoms with E-state index in [1.807, 2.05) is 0 Å². The van der Waals surface area contributed by atoms with E-state index < -0.39 is 27.4 Å². The second-order valence-electron chi connectivity index (χ2n) is 5.37. The van der Waals surface area contributed by atoms with Gasteiger partial charge >= 0.3 is 10.2 Å². The van der Waals surface area contributed by atoms with Crippen LogP contribution in [-0.4, -0.2) is 48.8 Å². The van der Waals surface area contributed by atoms with Crippen LogP contribution in [0.15, 0.2) is 0 Å². The fraction of sp³-hybridized carbons (Fsp3) is 0.909. The third-order valence-electron chi connectivity index (χ3n) is 4.04. The lowest BCUT2D eigenvalue weighted by atomic mass is 9.96. The Morgan fingerprint density at radius 1 is 1.39 bits per heavy atom. The monoisotopic (exact) mass is 279 g/mol. The molecular formula is C11H18FNO4S. The molecule has 7 heteroatoms. The number of carbonyl (C=O) groups excluding carboxylic acids is 1. The molecule has 1 saturated carbocycles. The lowest BCUT2D eigenvalue weighted by molar-refractivity contribution is -0.134. The van der Waals surface area contributed by atoms with Crippen LogP contribution in [0.4, 0.5) is 3.89 Å². The van der Waals surface area contributed by atoms with Gasteiger partial charge in [0.25, 0.3) is 0 Å². The molecule has 1 N–H and O–H groups in total. The summed E-state index contributed by atoms with van der Waals surface area (Å²) in [6.45, 7) is 0.135. The quantitative estimate of drug-likeness (QED) is 0.758. The van der Waals surface area contributed by atoms with Gasteiger partial charge in [0.2, 0.25) is 5.91 Å². The van der Waals surface area contributed by atoms with E-state index in [-0.39, 0.29) is 25.5 Å². The summed E-state index contributed by atoms with van der Waals surface area (Å²) in [6, 6.07) is 0. The van der Waals surface area contributed by atoms with Crippen LogP contribution in [0.25, 0.3) is 0 Å². The van der Waals surface area contributed by atoms with Crippen molar-refractivity contribution in [2.75, 3.05) is 18.9 Å². The normalized spacial score (nSPS) is 28.0. The minimum absolute atomic E-state index is 0.0604. The highest BCUT2D eigenvalue weighted by Crippen LogP contribution is 2.38. The van der Waals surface area contributed by atoms with Crippen LogP contribution in [0.5, 0.6) is 0 Å². The van der Waals surface area contributed by atoms with Gasteiger partial charge in [-0.15, -0.1) is 3.89 Å². The van der Waals surface area contributed by atoms with Crippen molar-refractivity contribution in [3.8, 4) is 0 Å². The van der Waals surface area contributed by atoms with Gasteiger partial charge in [-0.05, 0) is 12.8 Å². The van der Waals surface area contributed by atoms with E-state index in [1.165, 1.54) is 0 Å². The molecule has 2 rings (SSSR count). The first-order valence-electron chi connectivity index (χ1n) is 6.20. The highest BCUT2D eigenvalue weighted by atomic mass is 32.3. The lowest BCUT2D eigenvalue weighted by Crippen LogP contribution is -2.50. The SMILES string of the molecule is O=C1CC(CS(=O)(=O)F)CN1C1(CO)CCCC1. The highest BCUT2D eigenvalue weighted by Gasteiger charge is 2.46. The number of nitrogens with zero attached hydrogens (tertiary/aromatic N) is 1. The average molecular weight is 279 g/mol. The zero-order chi connectivity index (χ0) is 13.4.